The molecule has 0 radical (unpaired) electrons. The lowest BCUT2D eigenvalue weighted by molar-refractivity contribution is 0.0397. The van der Waals surface area contributed by atoms with Gasteiger partial charge in [0.25, 0.3) is 0 Å². The van der Waals surface area contributed by atoms with E-state index >= 15 is 0 Å². The van der Waals surface area contributed by atoms with Gasteiger partial charge in [0.2, 0.25) is 0 Å². The van der Waals surface area contributed by atoms with E-state index in [9.17, 15) is 0 Å². The molecule has 0 aliphatic rings. The monoisotopic (exact) mass is 268 g/mol. The first-order chi connectivity index (χ1) is 8.40. The minimum absolute atomic E-state index is 0.0255. The zero-order valence-electron chi connectivity index (χ0n) is 11.2. The van der Waals surface area contributed by atoms with Gasteiger partial charge in [-0.05, 0) is 30.9 Å². The summed E-state index contributed by atoms with van der Waals surface area (Å²) in [6.45, 7) is 6.91. The fourth-order valence-electron chi connectivity index (χ4n) is 1.80. The van der Waals surface area contributed by atoms with Gasteiger partial charge in [-0.15, -0.1) is 0 Å². The molecule has 0 fully saturated rings. The molecule has 4 heteroatoms. The summed E-state index contributed by atoms with van der Waals surface area (Å²) in [6, 6.07) is 5.36. The molecule has 0 amide bonds. The molecule has 0 saturated carbocycles. The first-order valence-corrected chi connectivity index (χ1v) is 6.52. The van der Waals surface area contributed by atoms with E-state index in [-0.39, 0.29) is 11.9 Å². The van der Waals surface area contributed by atoms with Gasteiger partial charge in [-0.25, -0.2) is 0 Å². The molecule has 3 nitrogen and oxygen atoms in total. The molecule has 0 aliphatic heterocycles. The SMILES string of the molecule is CC(C)CC(C)OCc1ccc(C(=N)N)cc1Cl. The number of hydrogen-bond acceptors (Lipinski definition) is 2. The van der Waals surface area contributed by atoms with Crippen LogP contribution in [0.1, 0.15) is 38.3 Å². The largest absolute Gasteiger partial charge is 0.384 e. The van der Waals surface area contributed by atoms with Gasteiger partial charge in [0.05, 0.1) is 12.7 Å². The standard InChI is InChI=1S/C14H21ClN2O/c1-9(2)6-10(3)18-8-12-5-4-11(14(16)17)7-13(12)15/h4-5,7,9-10H,6,8H2,1-3H3,(H3,16,17). The average molecular weight is 269 g/mol. The van der Waals surface area contributed by atoms with Crippen molar-refractivity contribution in [1.82, 2.24) is 0 Å². The molecular weight excluding hydrogens is 248 g/mol. The molecule has 1 rings (SSSR count). The van der Waals surface area contributed by atoms with Gasteiger partial charge in [-0.2, -0.15) is 0 Å². The van der Waals surface area contributed by atoms with Crippen molar-refractivity contribution in [3.8, 4) is 0 Å². The van der Waals surface area contributed by atoms with Gasteiger partial charge in [-0.1, -0.05) is 37.6 Å². The Hall–Kier alpha value is -1.06. The first kappa shape index (κ1) is 15.0. The normalized spacial score (nSPS) is 12.7. The first-order valence-electron chi connectivity index (χ1n) is 6.14. The van der Waals surface area contributed by atoms with E-state index in [0.717, 1.165) is 12.0 Å². The zero-order valence-corrected chi connectivity index (χ0v) is 11.9. The van der Waals surface area contributed by atoms with E-state index < -0.39 is 0 Å². The Kier molecular flexibility index (Phi) is 5.63. The Morgan fingerprint density at radius 1 is 1.39 bits per heavy atom. The Morgan fingerprint density at radius 3 is 2.56 bits per heavy atom. The number of amidine groups is 1. The van der Waals surface area contributed by atoms with Crippen molar-refractivity contribution in [2.75, 3.05) is 0 Å². The number of nitrogens with one attached hydrogen (secondary N) is 1. The zero-order chi connectivity index (χ0) is 13.7. The van der Waals surface area contributed by atoms with Gasteiger partial charge in [0.15, 0.2) is 0 Å². The summed E-state index contributed by atoms with van der Waals surface area (Å²) < 4.78 is 5.75. The third kappa shape index (κ3) is 4.67. The number of ether oxygens (including phenoxy) is 1. The number of nitrogens with two attached hydrogens (primary N) is 1. The van der Waals surface area contributed by atoms with Crippen LogP contribution >= 0.6 is 11.6 Å². The van der Waals surface area contributed by atoms with Crippen LogP contribution in [0.3, 0.4) is 0 Å². The van der Waals surface area contributed by atoms with E-state index in [1.54, 1.807) is 12.1 Å². The third-order valence-corrected chi connectivity index (χ3v) is 3.04. The van der Waals surface area contributed by atoms with Crippen LogP contribution in [0.5, 0.6) is 0 Å². The fourth-order valence-corrected chi connectivity index (χ4v) is 2.03. The highest BCUT2D eigenvalue weighted by Crippen LogP contribution is 2.20. The summed E-state index contributed by atoms with van der Waals surface area (Å²) in [5.74, 6) is 0.646. The van der Waals surface area contributed by atoms with Gasteiger partial charge in [-0.3, -0.25) is 5.41 Å². The summed E-state index contributed by atoms with van der Waals surface area (Å²) in [5, 5.41) is 7.93. The van der Waals surface area contributed by atoms with Crippen molar-refractivity contribution in [1.29, 1.82) is 5.41 Å². The van der Waals surface area contributed by atoms with Crippen LogP contribution in [0.2, 0.25) is 5.02 Å². The quantitative estimate of drug-likeness (QED) is 0.612. The second kappa shape index (κ2) is 6.76. The van der Waals surface area contributed by atoms with E-state index in [0.29, 0.717) is 23.1 Å². The maximum absolute atomic E-state index is 7.34. The predicted octanol–water partition coefficient (Wildman–Crippen LogP) is 3.58. The molecule has 0 bridgehead atoms. The molecule has 0 aliphatic carbocycles. The topological polar surface area (TPSA) is 59.1 Å². The Balaban J connectivity index is 2.60. The molecule has 0 heterocycles. The molecule has 1 unspecified atom stereocenters. The van der Waals surface area contributed by atoms with Gasteiger partial charge in [0.1, 0.15) is 5.84 Å². The van der Waals surface area contributed by atoms with E-state index in [2.05, 4.69) is 20.8 Å². The molecule has 0 spiro atoms. The van der Waals surface area contributed by atoms with Crippen LogP contribution in [0, 0.1) is 11.3 Å². The minimum Gasteiger partial charge on any atom is -0.384 e. The molecule has 3 N–H and O–H groups in total. The lowest BCUT2D eigenvalue weighted by Gasteiger charge is -2.16. The summed E-state index contributed by atoms with van der Waals surface area (Å²) in [7, 11) is 0. The van der Waals surface area contributed by atoms with Crippen molar-refractivity contribution < 1.29 is 4.74 Å². The van der Waals surface area contributed by atoms with Crippen LogP contribution in [0.4, 0.5) is 0 Å². The third-order valence-electron chi connectivity index (χ3n) is 2.69. The van der Waals surface area contributed by atoms with Crippen molar-refractivity contribution >= 4 is 17.4 Å². The van der Waals surface area contributed by atoms with Crippen LogP contribution in [0.25, 0.3) is 0 Å². The van der Waals surface area contributed by atoms with Crippen LogP contribution in [0.15, 0.2) is 18.2 Å². The summed E-state index contributed by atoms with van der Waals surface area (Å²) in [5.41, 5.74) is 6.97. The number of rotatable bonds is 6. The molecule has 100 valence electrons. The van der Waals surface area contributed by atoms with Gasteiger partial charge >= 0.3 is 0 Å². The molecule has 18 heavy (non-hydrogen) atoms. The molecule has 0 saturated heterocycles. The Morgan fingerprint density at radius 2 is 2.06 bits per heavy atom. The smallest absolute Gasteiger partial charge is 0.122 e. The molecule has 1 aromatic rings. The van der Waals surface area contributed by atoms with Crippen molar-refractivity contribution in [3.05, 3.63) is 34.3 Å². The average Bonchev–Trinajstić information content (AvgIpc) is 2.26. The number of benzene rings is 1. The predicted molar refractivity (Wildman–Crippen MR) is 76.2 cm³/mol. The summed E-state index contributed by atoms with van der Waals surface area (Å²) >= 11 is 6.13. The number of nitrogen functional groups attached to an aromatic ring is 1. The highest BCUT2D eigenvalue weighted by molar-refractivity contribution is 6.31. The van der Waals surface area contributed by atoms with Crippen LogP contribution < -0.4 is 5.73 Å². The second-order valence-electron chi connectivity index (χ2n) is 4.97. The maximum atomic E-state index is 7.34. The summed E-state index contributed by atoms with van der Waals surface area (Å²) in [6.07, 6.45) is 1.25. The molecule has 1 aromatic carbocycles. The van der Waals surface area contributed by atoms with E-state index in [4.69, 9.17) is 27.5 Å². The Bertz CT molecular complexity index is 418. The van der Waals surface area contributed by atoms with Crippen molar-refractivity contribution in [2.24, 2.45) is 11.7 Å². The van der Waals surface area contributed by atoms with Crippen LogP contribution in [-0.4, -0.2) is 11.9 Å². The highest BCUT2D eigenvalue weighted by atomic mass is 35.5. The molecule has 0 aromatic heterocycles. The van der Waals surface area contributed by atoms with Crippen molar-refractivity contribution in [2.45, 2.75) is 39.9 Å². The minimum atomic E-state index is 0.0255. The Labute approximate surface area is 114 Å². The van der Waals surface area contributed by atoms with Gasteiger partial charge in [0, 0.05) is 10.6 Å². The van der Waals surface area contributed by atoms with Crippen molar-refractivity contribution in [3.63, 3.8) is 0 Å². The lowest BCUT2D eigenvalue weighted by atomic mass is 10.1. The van der Waals surface area contributed by atoms with E-state index in [1.165, 1.54) is 0 Å². The fraction of sp³-hybridized carbons (Fsp3) is 0.500. The van der Waals surface area contributed by atoms with Crippen LogP contribution in [-0.2, 0) is 11.3 Å². The number of hydrogen-bond donors (Lipinski definition) is 2. The molecule has 1 atom stereocenters. The lowest BCUT2D eigenvalue weighted by Crippen LogP contribution is -2.13. The van der Waals surface area contributed by atoms with E-state index in [1.807, 2.05) is 6.07 Å². The molecular formula is C14H21ClN2O. The van der Waals surface area contributed by atoms with Gasteiger partial charge < -0.3 is 10.5 Å². The highest BCUT2D eigenvalue weighted by Gasteiger charge is 2.08. The maximum Gasteiger partial charge on any atom is 0.122 e. The summed E-state index contributed by atoms with van der Waals surface area (Å²) in [4.78, 5) is 0. The second-order valence-corrected chi connectivity index (χ2v) is 5.38. The number of halogens is 1.